The lowest BCUT2D eigenvalue weighted by molar-refractivity contribution is -0.377. The highest BCUT2D eigenvalue weighted by Crippen LogP contribution is 2.52. The highest BCUT2D eigenvalue weighted by molar-refractivity contribution is 7.92. The molecule has 0 radical (unpaired) electrons. The number of carbonyl (C=O) groups excluding carboxylic acids is 1. The lowest BCUT2D eigenvalue weighted by atomic mass is 9.88. The molecule has 1 aliphatic carbocycles. The van der Waals surface area contributed by atoms with Gasteiger partial charge in [0, 0.05) is 24.6 Å². The molecule has 1 saturated carbocycles. The van der Waals surface area contributed by atoms with Gasteiger partial charge in [0.2, 0.25) is 5.91 Å². The summed E-state index contributed by atoms with van der Waals surface area (Å²) in [6.07, 6.45) is -9.42. The van der Waals surface area contributed by atoms with Crippen molar-refractivity contribution in [1.82, 2.24) is 4.90 Å². The Morgan fingerprint density at radius 2 is 1.48 bits per heavy atom. The van der Waals surface area contributed by atoms with E-state index in [2.05, 4.69) is 0 Å². The van der Waals surface area contributed by atoms with Crippen molar-refractivity contribution in [1.29, 1.82) is 0 Å². The average Bonchev–Trinajstić information content (AvgIpc) is 3.35. The fourth-order valence-corrected chi connectivity index (χ4v) is 7.65. The Kier molecular flexibility index (Phi) is 7.76. The standard InChI is InChI=1S/C26H25F8NO4S/c27-18-7-9-19(10-8-18)40(38,39)23(12-13-35(15-23)22(36)16-4-2-1-3-5-16)17-6-11-20(21(28)14-17)24(37,25(29,30)31)26(32,33)34/h6-11,14,16,37H,1-5,12-13,15H2/t23-/m0/s1. The number of benzene rings is 2. The highest BCUT2D eigenvalue weighted by Gasteiger charge is 2.72. The van der Waals surface area contributed by atoms with Crippen LogP contribution in [0.5, 0.6) is 0 Å². The van der Waals surface area contributed by atoms with E-state index in [9.17, 15) is 49.1 Å². The third-order valence-corrected chi connectivity index (χ3v) is 10.3. The number of nitrogens with zero attached hydrogens (tertiary/aromatic N) is 1. The molecule has 14 heteroatoms. The molecule has 2 aromatic rings. The van der Waals surface area contributed by atoms with E-state index in [4.69, 9.17) is 0 Å². The molecule has 2 fully saturated rings. The van der Waals surface area contributed by atoms with Gasteiger partial charge < -0.3 is 10.0 Å². The predicted molar refractivity (Wildman–Crippen MR) is 125 cm³/mol. The molecular weight excluding hydrogens is 574 g/mol. The van der Waals surface area contributed by atoms with E-state index in [-0.39, 0.29) is 36.9 Å². The van der Waals surface area contributed by atoms with Crippen molar-refractivity contribution in [2.45, 2.75) is 66.1 Å². The van der Waals surface area contributed by atoms with Gasteiger partial charge in [0.05, 0.1) is 4.90 Å². The summed E-state index contributed by atoms with van der Waals surface area (Å²) in [6.45, 7) is -0.683. The van der Waals surface area contributed by atoms with Gasteiger partial charge in [0.1, 0.15) is 16.4 Å². The van der Waals surface area contributed by atoms with Gasteiger partial charge in [-0.15, -0.1) is 0 Å². The molecule has 1 saturated heterocycles. The second-order valence-electron chi connectivity index (χ2n) is 10.2. The minimum Gasteiger partial charge on any atom is -0.369 e. The number of alkyl halides is 6. The fraction of sp³-hybridized carbons (Fsp3) is 0.500. The van der Waals surface area contributed by atoms with Crippen LogP contribution in [-0.4, -0.2) is 49.8 Å². The first-order valence-corrected chi connectivity index (χ1v) is 13.9. The van der Waals surface area contributed by atoms with Gasteiger partial charge in [-0.3, -0.25) is 4.79 Å². The topological polar surface area (TPSA) is 74.7 Å². The van der Waals surface area contributed by atoms with E-state index in [0.717, 1.165) is 43.5 Å². The molecule has 1 N–H and O–H groups in total. The predicted octanol–water partition coefficient (Wildman–Crippen LogP) is 5.76. The number of hydrogen-bond acceptors (Lipinski definition) is 4. The summed E-state index contributed by atoms with van der Waals surface area (Å²) in [5.41, 5.74) is -8.23. The smallest absolute Gasteiger partial charge is 0.369 e. The largest absolute Gasteiger partial charge is 0.430 e. The Bertz CT molecular complexity index is 1350. The molecule has 1 heterocycles. The third kappa shape index (κ3) is 4.86. The van der Waals surface area contributed by atoms with Gasteiger partial charge in [0.15, 0.2) is 9.84 Å². The minimum atomic E-state index is -6.36. The third-order valence-electron chi connectivity index (χ3n) is 7.84. The monoisotopic (exact) mass is 599 g/mol. The van der Waals surface area contributed by atoms with Crippen molar-refractivity contribution in [2.75, 3.05) is 13.1 Å². The summed E-state index contributed by atoms with van der Waals surface area (Å²) in [5.74, 6) is -3.65. The van der Waals surface area contributed by atoms with Gasteiger partial charge in [-0.1, -0.05) is 31.4 Å². The van der Waals surface area contributed by atoms with Gasteiger partial charge in [0.25, 0.3) is 5.60 Å². The first kappa shape index (κ1) is 30.2. The van der Waals surface area contributed by atoms with E-state index in [1.54, 1.807) is 0 Å². The molecule has 1 amide bonds. The number of halogens is 8. The SMILES string of the molecule is O=C(C1CCCCC1)N1CC[C@](c2ccc(C(O)(C(F)(F)F)C(F)(F)F)c(F)c2)(S(=O)(=O)c2ccc(F)cc2)C1. The number of aliphatic hydroxyl groups is 1. The summed E-state index contributed by atoms with van der Waals surface area (Å²) in [5, 5.41) is 9.68. The highest BCUT2D eigenvalue weighted by atomic mass is 32.2. The molecule has 0 spiro atoms. The number of amides is 1. The number of carbonyl (C=O) groups is 1. The molecular formula is C26H25F8NO4S. The maximum absolute atomic E-state index is 15.1. The molecule has 40 heavy (non-hydrogen) atoms. The van der Waals surface area contributed by atoms with Crippen molar-refractivity contribution < 1.29 is 53.4 Å². The summed E-state index contributed by atoms with van der Waals surface area (Å²) in [6, 6.07) is 4.39. The molecule has 220 valence electrons. The number of likely N-dealkylation sites (tertiary alicyclic amines) is 1. The summed E-state index contributed by atoms with van der Waals surface area (Å²) in [4.78, 5) is 14.0. The van der Waals surface area contributed by atoms with Crippen LogP contribution in [0.4, 0.5) is 35.1 Å². The Morgan fingerprint density at radius 3 is 2.00 bits per heavy atom. The maximum Gasteiger partial charge on any atom is 0.430 e. The number of hydrogen-bond donors (Lipinski definition) is 1. The van der Waals surface area contributed by atoms with E-state index in [1.807, 2.05) is 0 Å². The maximum atomic E-state index is 15.1. The molecule has 5 nitrogen and oxygen atoms in total. The van der Waals surface area contributed by atoms with Crippen LogP contribution in [0, 0.1) is 17.6 Å². The quantitative estimate of drug-likeness (QED) is 0.351. The van der Waals surface area contributed by atoms with Crippen molar-refractivity contribution in [3.63, 3.8) is 0 Å². The van der Waals surface area contributed by atoms with Crippen molar-refractivity contribution in [2.24, 2.45) is 5.92 Å². The van der Waals surface area contributed by atoms with Crippen LogP contribution in [0.1, 0.15) is 49.7 Å². The second kappa shape index (κ2) is 10.3. The Balaban J connectivity index is 1.84. The van der Waals surface area contributed by atoms with Crippen LogP contribution in [0.3, 0.4) is 0 Å². The molecule has 2 aromatic carbocycles. The van der Waals surface area contributed by atoms with Crippen LogP contribution in [0.15, 0.2) is 47.4 Å². The summed E-state index contributed by atoms with van der Waals surface area (Å²) in [7, 11) is -4.62. The first-order valence-electron chi connectivity index (χ1n) is 12.4. The molecule has 1 aliphatic heterocycles. The summed E-state index contributed by atoms with van der Waals surface area (Å²) < 4.78 is 135. The molecule has 1 atom stereocenters. The zero-order valence-corrected chi connectivity index (χ0v) is 21.6. The van der Waals surface area contributed by atoms with Gasteiger partial charge in [-0.25, -0.2) is 17.2 Å². The second-order valence-corrected chi connectivity index (χ2v) is 12.5. The van der Waals surface area contributed by atoms with Crippen molar-refractivity contribution in [3.8, 4) is 0 Å². The molecule has 4 rings (SSSR count). The fourth-order valence-electron chi connectivity index (χ4n) is 5.59. The molecule has 0 bridgehead atoms. The Morgan fingerprint density at radius 1 is 0.900 bits per heavy atom. The van der Waals surface area contributed by atoms with Crippen LogP contribution < -0.4 is 0 Å². The van der Waals surface area contributed by atoms with Crippen LogP contribution in [0.25, 0.3) is 0 Å². The van der Waals surface area contributed by atoms with E-state index >= 15 is 4.39 Å². The first-order chi connectivity index (χ1) is 18.5. The Labute approximate surface area is 224 Å². The normalized spacial score (nSPS) is 21.6. The zero-order valence-electron chi connectivity index (χ0n) is 20.8. The summed E-state index contributed by atoms with van der Waals surface area (Å²) >= 11 is 0. The number of rotatable bonds is 5. The number of sulfone groups is 1. The van der Waals surface area contributed by atoms with Crippen LogP contribution in [-0.2, 0) is 25.0 Å². The van der Waals surface area contributed by atoms with E-state index in [0.29, 0.717) is 18.9 Å². The molecule has 0 aromatic heterocycles. The molecule has 0 unspecified atom stereocenters. The van der Waals surface area contributed by atoms with Gasteiger partial charge in [-0.05, 0) is 55.2 Å². The average molecular weight is 600 g/mol. The van der Waals surface area contributed by atoms with Gasteiger partial charge >= 0.3 is 12.4 Å². The van der Waals surface area contributed by atoms with E-state index in [1.165, 1.54) is 4.90 Å². The van der Waals surface area contributed by atoms with Crippen molar-refractivity contribution in [3.05, 3.63) is 65.2 Å². The molecule has 2 aliphatic rings. The van der Waals surface area contributed by atoms with E-state index < -0.39 is 66.7 Å². The van der Waals surface area contributed by atoms with Crippen molar-refractivity contribution >= 4 is 15.7 Å². The lowest BCUT2D eigenvalue weighted by Crippen LogP contribution is -2.54. The lowest BCUT2D eigenvalue weighted by Gasteiger charge is -2.34. The van der Waals surface area contributed by atoms with Crippen LogP contribution in [0.2, 0.25) is 0 Å². The zero-order chi connectivity index (χ0) is 29.7. The van der Waals surface area contributed by atoms with Crippen LogP contribution >= 0.6 is 0 Å². The minimum absolute atomic E-state index is 0.0548. The van der Waals surface area contributed by atoms with Gasteiger partial charge in [-0.2, -0.15) is 26.3 Å². The Hall–Kier alpha value is -2.74.